The molecule has 0 bridgehead atoms. The molecule has 0 aromatic heterocycles. The Hall–Kier alpha value is -2.18. The predicted molar refractivity (Wildman–Crippen MR) is 74.3 cm³/mol. The van der Waals surface area contributed by atoms with Crippen molar-refractivity contribution in [1.82, 2.24) is 0 Å². The van der Waals surface area contributed by atoms with Crippen LogP contribution in [0.25, 0.3) is 0 Å². The summed E-state index contributed by atoms with van der Waals surface area (Å²) >= 11 is 6.06. The minimum atomic E-state index is 0.601. The minimum absolute atomic E-state index is 0.601. The molecule has 2 aromatic carbocycles. The number of benzene rings is 2. The van der Waals surface area contributed by atoms with Gasteiger partial charge in [-0.05, 0) is 35.9 Å². The average molecular weight is 258 g/mol. The van der Waals surface area contributed by atoms with Crippen LogP contribution in [0.15, 0.2) is 42.5 Å². The molecule has 90 valence electrons. The number of rotatable bonds is 3. The fraction of sp³-hybridized carbons (Fsp3) is 0.0714. The van der Waals surface area contributed by atoms with Crippen molar-refractivity contribution in [2.75, 3.05) is 11.1 Å². The second-order valence-electron chi connectivity index (χ2n) is 3.90. The van der Waals surface area contributed by atoms with Crippen LogP contribution in [-0.4, -0.2) is 0 Å². The van der Waals surface area contributed by atoms with Crippen LogP contribution >= 0.6 is 11.6 Å². The Kier molecular flexibility index (Phi) is 3.71. The smallest absolute Gasteiger partial charge is 0.0991 e. The van der Waals surface area contributed by atoms with Gasteiger partial charge in [0.25, 0.3) is 0 Å². The molecule has 0 amide bonds. The molecule has 2 aromatic rings. The fourth-order valence-electron chi connectivity index (χ4n) is 1.57. The van der Waals surface area contributed by atoms with E-state index in [9.17, 15) is 0 Å². The third kappa shape index (κ3) is 2.93. The first-order valence-electron chi connectivity index (χ1n) is 5.47. The maximum absolute atomic E-state index is 8.70. The topological polar surface area (TPSA) is 61.8 Å². The molecule has 0 aliphatic heterocycles. The summed E-state index contributed by atoms with van der Waals surface area (Å²) in [7, 11) is 0. The monoisotopic (exact) mass is 257 g/mol. The van der Waals surface area contributed by atoms with Gasteiger partial charge >= 0.3 is 0 Å². The van der Waals surface area contributed by atoms with Gasteiger partial charge in [-0.2, -0.15) is 5.26 Å². The average Bonchev–Trinajstić information content (AvgIpc) is 2.38. The van der Waals surface area contributed by atoms with Gasteiger partial charge in [-0.1, -0.05) is 23.7 Å². The lowest BCUT2D eigenvalue weighted by Gasteiger charge is -2.09. The van der Waals surface area contributed by atoms with Crippen molar-refractivity contribution in [2.24, 2.45) is 0 Å². The van der Waals surface area contributed by atoms with Gasteiger partial charge in [-0.3, -0.25) is 0 Å². The van der Waals surface area contributed by atoms with E-state index in [-0.39, 0.29) is 0 Å². The summed E-state index contributed by atoms with van der Waals surface area (Å²) in [4.78, 5) is 0. The number of halogens is 1. The molecule has 3 nitrogen and oxygen atoms in total. The number of hydrogen-bond acceptors (Lipinski definition) is 3. The lowest BCUT2D eigenvalue weighted by Crippen LogP contribution is -2.00. The fourth-order valence-corrected chi connectivity index (χ4v) is 1.82. The molecule has 18 heavy (non-hydrogen) atoms. The Morgan fingerprint density at radius 1 is 1.17 bits per heavy atom. The highest BCUT2D eigenvalue weighted by atomic mass is 35.5. The van der Waals surface area contributed by atoms with Gasteiger partial charge in [0, 0.05) is 12.2 Å². The van der Waals surface area contributed by atoms with E-state index in [1.807, 2.05) is 18.2 Å². The maximum atomic E-state index is 8.70. The molecule has 0 saturated heterocycles. The Balaban J connectivity index is 2.04. The third-order valence-electron chi connectivity index (χ3n) is 2.56. The Labute approximate surface area is 111 Å². The zero-order chi connectivity index (χ0) is 13.0. The van der Waals surface area contributed by atoms with Gasteiger partial charge in [0.15, 0.2) is 0 Å². The molecule has 0 unspecified atom stereocenters. The van der Waals surface area contributed by atoms with Gasteiger partial charge < -0.3 is 11.1 Å². The standard InChI is InChI=1S/C14H12ClN3/c15-13-7-12(17)5-6-14(13)18-9-11-3-1-10(8-16)2-4-11/h1-7,18H,9,17H2. The van der Waals surface area contributed by atoms with Crippen molar-refractivity contribution in [1.29, 1.82) is 5.26 Å². The molecular formula is C14H12ClN3. The summed E-state index contributed by atoms with van der Waals surface area (Å²) in [5.74, 6) is 0. The summed E-state index contributed by atoms with van der Waals surface area (Å²) in [6.45, 7) is 0.648. The zero-order valence-corrected chi connectivity index (χ0v) is 10.4. The van der Waals surface area contributed by atoms with Gasteiger partial charge in [0.1, 0.15) is 0 Å². The summed E-state index contributed by atoms with van der Waals surface area (Å²) in [5, 5.41) is 12.5. The van der Waals surface area contributed by atoms with Gasteiger partial charge in [-0.25, -0.2) is 0 Å². The SMILES string of the molecule is N#Cc1ccc(CNc2ccc(N)cc2Cl)cc1. The number of hydrogen-bond donors (Lipinski definition) is 2. The van der Waals surface area contributed by atoms with E-state index in [1.54, 1.807) is 24.3 Å². The van der Waals surface area contributed by atoms with Crippen LogP contribution < -0.4 is 11.1 Å². The van der Waals surface area contributed by atoms with E-state index in [1.165, 1.54) is 0 Å². The Bertz CT molecular complexity index is 585. The largest absolute Gasteiger partial charge is 0.399 e. The van der Waals surface area contributed by atoms with Crippen LogP contribution in [0, 0.1) is 11.3 Å². The van der Waals surface area contributed by atoms with Gasteiger partial charge in [-0.15, -0.1) is 0 Å². The number of nitrogens with one attached hydrogen (secondary N) is 1. The normalized spacial score (nSPS) is 9.78. The second kappa shape index (κ2) is 5.44. The summed E-state index contributed by atoms with van der Waals surface area (Å²) in [6, 6.07) is 14.9. The van der Waals surface area contributed by atoms with Crippen molar-refractivity contribution in [3.63, 3.8) is 0 Å². The van der Waals surface area contributed by atoms with Crippen LogP contribution in [0.5, 0.6) is 0 Å². The molecule has 0 aliphatic carbocycles. The Morgan fingerprint density at radius 2 is 1.89 bits per heavy atom. The van der Waals surface area contributed by atoms with Crippen LogP contribution in [0.4, 0.5) is 11.4 Å². The quantitative estimate of drug-likeness (QED) is 0.829. The van der Waals surface area contributed by atoms with E-state index in [2.05, 4.69) is 11.4 Å². The van der Waals surface area contributed by atoms with E-state index >= 15 is 0 Å². The molecular weight excluding hydrogens is 246 g/mol. The van der Waals surface area contributed by atoms with Crippen molar-refractivity contribution < 1.29 is 0 Å². The molecule has 0 heterocycles. The van der Waals surface area contributed by atoms with Crippen molar-refractivity contribution in [3.8, 4) is 6.07 Å². The summed E-state index contributed by atoms with van der Waals surface area (Å²) < 4.78 is 0. The maximum Gasteiger partial charge on any atom is 0.0991 e. The molecule has 0 spiro atoms. The van der Waals surface area contributed by atoms with E-state index in [4.69, 9.17) is 22.6 Å². The first-order chi connectivity index (χ1) is 8.69. The number of nitriles is 1. The zero-order valence-electron chi connectivity index (χ0n) is 9.65. The van der Waals surface area contributed by atoms with Crippen LogP contribution in [0.3, 0.4) is 0 Å². The molecule has 2 rings (SSSR count). The second-order valence-corrected chi connectivity index (χ2v) is 4.31. The summed E-state index contributed by atoms with van der Waals surface area (Å²) in [6.07, 6.45) is 0. The van der Waals surface area contributed by atoms with Gasteiger partial charge in [0.05, 0.1) is 22.3 Å². The Morgan fingerprint density at radius 3 is 2.50 bits per heavy atom. The number of anilines is 2. The van der Waals surface area contributed by atoms with E-state index in [0.29, 0.717) is 22.8 Å². The first-order valence-corrected chi connectivity index (χ1v) is 5.85. The molecule has 0 radical (unpaired) electrons. The van der Waals surface area contributed by atoms with Crippen molar-refractivity contribution in [3.05, 3.63) is 58.6 Å². The third-order valence-corrected chi connectivity index (χ3v) is 2.87. The molecule has 0 aliphatic rings. The van der Waals surface area contributed by atoms with Crippen LogP contribution in [-0.2, 0) is 6.54 Å². The number of nitrogens with two attached hydrogens (primary N) is 1. The number of nitrogen functional groups attached to an aromatic ring is 1. The van der Waals surface area contributed by atoms with Crippen LogP contribution in [0.1, 0.15) is 11.1 Å². The van der Waals surface area contributed by atoms with Crippen molar-refractivity contribution in [2.45, 2.75) is 6.54 Å². The van der Waals surface area contributed by atoms with E-state index < -0.39 is 0 Å². The predicted octanol–water partition coefficient (Wildman–Crippen LogP) is 3.41. The molecule has 0 saturated carbocycles. The first kappa shape index (κ1) is 12.3. The lowest BCUT2D eigenvalue weighted by molar-refractivity contribution is 1.15. The highest BCUT2D eigenvalue weighted by Gasteiger charge is 2.00. The highest BCUT2D eigenvalue weighted by molar-refractivity contribution is 6.33. The molecule has 4 heteroatoms. The minimum Gasteiger partial charge on any atom is -0.399 e. The van der Waals surface area contributed by atoms with E-state index in [0.717, 1.165) is 11.3 Å². The molecule has 0 atom stereocenters. The highest BCUT2D eigenvalue weighted by Crippen LogP contribution is 2.24. The number of nitrogens with zero attached hydrogens (tertiary/aromatic N) is 1. The van der Waals surface area contributed by atoms with Crippen molar-refractivity contribution >= 4 is 23.0 Å². The summed E-state index contributed by atoms with van der Waals surface area (Å²) in [5.41, 5.74) is 8.85. The molecule has 0 fully saturated rings. The molecule has 3 N–H and O–H groups in total. The van der Waals surface area contributed by atoms with Crippen LogP contribution in [0.2, 0.25) is 5.02 Å². The lowest BCUT2D eigenvalue weighted by atomic mass is 10.1. The van der Waals surface area contributed by atoms with Gasteiger partial charge in [0.2, 0.25) is 0 Å².